The molecule has 0 spiro atoms. The summed E-state index contributed by atoms with van der Waals surface area (Å²) in [5, 5.41) is 0. The fraction of sp³-hybridized carbons (Fsp3) is 0.500. The van der Waals surface area contributed by atoms with Gasteiger partial charge < -0.3 is 10.5 Å². The lowest BCUT2D eigenvalue weighted by atomic mass is 9.93. The van der Waals surface area contributed by atoms with Crippen LogP contribution in [0.25, 0.3) is 0 Å². The van der Waals surface area contributed by atoms with Crippen molar-refractivity contribution < 1.29 is 9.13 Å². The van der Waals surface area contributed by atoms with E-state index in [9.17, 15) is 4.39 Å². The highest BCUT2D eigenvalue weighted by molar-refractivity contribution is 5.85. The number of nitrogens with two attached hydrogens (primary N) is 1. The zero-order valence-corrected chi connectivity index (χ0v) is 10.7. The molecule has 16 heavy (non-hydrogen) atoms. The van der Waals surface area contributed by atoms with E-state index in [2.05, 4.69) is 13.8 Å². The molecule has 1 aromatic carbocycles. The zero-order valence-electron chi connectivity index (χ0n) is 9.87. The van der Waals surface area contributed by atoms with Crippen LogP contribution in [0.4, 0.5) is 4.39 Å². The molecule has 0 fully saturated rings. The first-order chi connectivity index (χ1) is 7.10. The molecule has 2 N–H and O–H groups in total. The Labute approximate surface area is 102 Å². The molecule has 0 aliphatic rings. The minimum atomic E-state index is -0.349. The summed E-state index contributed by atoms with van der Waals surface area (Å²) in [4.78, 5) is 0. The number of hydrogen-bond donors (Lipinski definition) is 1. The molecule has 2 atom stereocenters. The van der Waals surface area contributed by atoms with Crippen LogP contribution in [0.2, 0.25) is 0 Å². The first-order valence-corrected chi connectivity index (χ1v) is 5.19. The van der Waals surface area contributed by atoms with Crippen LogP contribution in [0, 0.1) is 11.7 Å². The predicted octanol–water partition coefficient (Wildman–Crippen LogP) is 3.30. The monoisotopic (exact) mass is 247 g/mol. The van der Waals surface area contributed by atoms with E-state index < -0.39 is 0 Å². The van der Waals surface area contributed by atoms with Crippen molar-refractivity contribution >= 4 is 12.4 Å². The first kappa shape index (κ1) is 15.2. The van der Waals surface area contributed by atoms with Gasteiger partial charge in [0.15, 0.2) is 11.6 Å². The number of halogens is 2. The molecule has 1 unspecified atom stereocenters. The number of hydrogen-bond acceptors (Lipinski definition) is 2. The third-order valence-corrected chi connectivity index (χ3v) is 2.82. The van der Waals surface area contributed by atoms with Crippen molar-refractivity contribution in [3.8, 4) is 5.75 Å². The second-order valence-electron chi connectivity index (χ2n) is 3.81. The Bertz CT molecular complexity index is 333. The minimum absolute atomic E-state index is 0. The van der Waals surface area contributed by atoms with Gasteiger partial charge in [-0.05, 0) is 23.6 Å². The lowest BCUT2D eigenvalue weighted by molar-refractivity contribution is 0.383. The molecule has 1 aromatic rings. The summed E-state index contributed by atoms with van der Waals surface area (Å²) in [6.07, 6.45) is 1.00. The second-order valence-corrected chi connectivity index (χ2v) is 3.81. The van der Waals surface area contributed by atoms with E-state index in [1.54, 1.807) is 12.1 Å². The van der Waals surface area contributed by atoms with Gasteiger partial charge in [-0.1, -0.05) is 26.3 Å². The summed E-state index contributed by atoms with van der Waals surface area (Å²) >= 11 is 0. The number of methoxy groups -OCH3 is 1. The summed E-state index contributed by atoms with van der Waals surface area (Å²) < 4.78 is 18.1. The average molecular weight is 248 g/mol. The third kappa shape index (κ3) is 3.35. The van der Waals surface area contributed by atoms with Crippen molar-refractivity contribution in [3.63, 3.8) is 0 Å². The molecule has 0 saturated heterocycles. The Morgan fingerprint density at radius 3 is 2.56 bits per heavy atom. The molecule has 0 radical (unpaired) electrons. The summed E-state index contributed by atoms with van der Waals surface area (Å²) in [6, 6.07) is 4.72. The van der Waals surface area contributed by atoms with Gasteiger partial charge in [-0.2, -0.15) is 0 Å². The molecule has 4 heteroatoms. The Morgan fingerprint density at radius 2 is 2.06 bits per heavy atom. The van der Waals surface area contributed by atoms with Crippen LogP contribution in [-0.2, 0) is 0 Å². The topological polar surface area (TPSA) is 35.2 Å². The largest absolute Gasteiger partial charge is 0.494 e. The fourth-order valence-corrected chi connectivity index (χ4v) is 1.47. The minimum Gasteiger partial charge on any atom is -0.494 e. The van der Waals surface area contributed by atoms with Crippen LogP contribution in [-0.4, -0.2) is 7.11 Å². The molecule has 0 amide bonds. The van der Waals surface area contributed by atoms with Gasteiger partial charge in [-0.15, -0.1) is 12.4 Å². The first-order valence-electron chi connectivity index (χ1n) is 5.19. The summed E-state index contributed by atoms with van der Waals surface area (Å²) in [5.41, 5.74) is 6.96. The maximum atomic E-state index is 13.2. The third-order valence-electron chi connectivity index (χ3n) is 2.82. The molecule has 0 saturated carbocycles. The summed E-state index contributed by atoms with van der Waals surface area (Å²) in [6.45, 7) is 4.17. The van der Waals surface area contributed by atoms with E-state index in [-0.39, 0.29) is 30.0 Å². The maximum absolute atomic E-state index is 13.2. The van der Waals surface area contributed by atoms with Crippen molar-refractivity contribution in [2.45, 2.75) is 26.3 Å². The van der Waals surface area contributed by atoms with Gasteiger partial charge in [-0.25, -0.2) is 4.39 Å². The molecular weight excluding hydrogens is 229 g/mol. The van der Waals surface area contributed by atoms with Gasteiger partial charge >= 0.3 is 0 Å². The van der Waals surface area contributed by atoms with Crippen LogP contribution in [0.1, 0.15) is 31.9 Å². The standard InChI is InChI=1S/C12H18FNO.ClH/c1-4-8(2)12(14)9-5-6-10(13)11(7-9)15-3;/h5-8,12H,4,14H2,1-3H3;1H/t8?,12-;/m0./s1. The predicted molar refractivity (Wildman–Crippen MR) is 66.6 cm³/mol. The highest BCUT2D eigenvalue weighted by Gasteiger charge is 2.14. The summed E-state index contributed by atoms with van der Waals surface area (Å²) in [5.74, 6) is 0.282. The fourth-order valence-electron chi connectivity index (χ4n) is 1.47. The van der Waals surface area contributed by atoms with E-state index >= 15 is 0 Å². The Kier molecular flexibility index (Phi) is 6.38. The smallest absolute Gasteiger partial charge is 0.165 e. The molecule has 1 rings (SSSR count). The highest BCUT2D eigenvalue weighted by Crippen LogP contribution is 2.26. The van der Waals surface area contributed by atoms with E-state index in [1.165, 1.54) is 13.2 Å². The lowest BCUT2D eigenvalue weighted by Crippen LogP contribution is -2.18. The van der Waals surface area contributed by atoms with Crippen LogP contribution < -0.4 is 10.5 Å². The highest BCUT2D eigenvalue weighted by atomic mass is 35.5. The van der Waals surface area contributed by atoms with Gasteiger partial charge in [0.1, 0.15) is 0 Å². The van der Waals surface area contributed by atoms with Crippen LogP contribution >= 0.6 is 12.4 Å². The quantitative estimate of drug-likeness (QED) is 0.886. The van der Waals surface area contributed by atoms with E-state index in [0.717, 1.165) is 12.0 Å². The van der Waals surface area contributed by atoms with Crippen molar-refractivity contribution in [2.75, 3.05) is 7.11 Å². The molecule has 2 nitrogen and oxygen atoms in total. The molecule has 0 aliphatic carbocycles. The Balaban J connectivity index is 0.00000225. The number of ether oxygens (including phenoxy) is 1. The molecule has 0 aliphatic heterocycles. The van der Waals surface area contributed by atoms with Gasteiger partial charge in [-0.3, -0.25) is 0 Å². The molecule has 92 valence electrons. The summed E-state index contributed by atoms with van der Waals surface area (Å²) in [7, 11) is 1.46. The SMILES string of the molecule is CCC(C)[C@H](N)c1ccc(F)c(OC)c1.Cl. The van der Waals surface area contributed by atoms with Crippen LogP contribution in [0.5, 0.6) is 5.75 Å². The molecule has 0 bridgehead atoms. The second kappa shape index (κ2) is 6.71. The Morgan fingerprint density at radius 1 is 1.44 bits per heavy atom. The van der Waals surface area contributed by atoms with Crippen molar-refractivity contribution in [1.29, 1.82) is 0 Å². The van der Waals surface area contributed by atoms with E-state index in [0.29, 0.717) is 5.92 Å². The van der Waals surface area contributed by atoms with Gasteiger partial charge in [0.25, 0.3) is 0 Å². The Hall–Kier alpha value is -0.800. The number of rotatable bonds is 4. The average Bonchev–Trinajstić information content (AvgIpc) is 2.27. The van der Waals surface area contributed by atoms with Gasteiger partial charge in [0.05, 0.1) is 7.11 Å². The maximum Gasteiger partial charge on any atom is 0.165 e. The molecule has 0 heterocycles. The van der Waals surface area contributed by atoms with Gasteiger partial charge in [0.2, 0.25) is 0 Å². The van der Waals surface area contributed by atoms with Crippen molar-refractivity contribution in [1.82, 2.24) is 0 Å². The van der Waals surface area contributed by atoms with Gasteiger partial charge in [0, 0.05) is 6.04 Å². The van der Waals surface area contributed by atoms with E-state index in [4.69, 9.17) is 10.5 Å². The van der Waals surface area contributed by atoms with Crippen LogP contribution in [0.15, 0.2) is 18.2 Å². The number of benzene rings is 1. The van der Waals surface area contributed by atoms with Crippen LogP contribution in [0.3, 0.4) is 0 Å². The molecule has 0 aromatic heterocycles. The lowest BCUT2D eigenvalue weighted by Gasteiger charge is -2.19. The zero-order chi connectivity index (χ0) is 11.4. The van der Waals surface area contributed by atoms with Crippen molar-refractivity contribution in [2.24, 2.45) is 11.7 Å². The van der Waals surface area contributed by atoms with E-state index in [1.807, 2.05) is 0 Å². The van der Waals surface area contributed by atoms with Crippen molar-refractivity contribution in [3.05, 3.63) is 29.6 Å². The normalized spacial score (nSPS) is 13.8. The molecular formula is C12H19ClFNO.